The maximum atomic E-state index is 12.5. The number of nitrogens with zero attached hydrogens (tertiary/aromatic N) is 1. The van der Waals surface area contributed by atoms with Gasteiger partial charge in [-0.15, -0.1) is 11.3 Å². The Morgan fingerprint density at radius 3 is 2.71 bits per heavy atom. The van der Waals surface area contributed by atoms with Crippen molar-refractivity contribution in [2.24, 2.45) is 5.92 Å². The van der Waals surface area contributed by atoms with Crippen LogP contribution in [-0.2, 0) is 24.3 Å². The molecule has 1 aliphatic heterocycles. The molecule has 2 rings (SSSR count). The lowest BCUT2D eigenvalue weighted by atomic mass is 10.2. The van der Waals surface area contributed by atoms with Crippen molar-refractivity contribution in [2.75, 3.05) is 26.2 Å². The van der Waals surface area contributed by atoms with Crippen molar-refractivity contribution in [2.45, 2.75) is 24.3 Å². The van der Waals surface area contributed by atoms with Gasteiger partial charge in [-0.05, 0) is 17.4 Å². The molecule has 134 valence electrons. The van der Waals surface area contributed by atoms with E-state index in [1.54, 1.807) is 11.4 Å². The van der Waals surface area contributed by atoms with Crippen molar-refractivity contribution in [1.82, 2.24) is 14.9 Å². The van der Waals surface area contributed by atoms with Gasteiger partial charge in [0.05, 0.1) is 13.2 Å². The van der Waals surface area contributed by atoms with Crippen molar-refractivity contribution in [3.8, 4) is 0 Å². The van der Waals surface area contributed by atoms with Crippen molar-refractivity contribution in [3.63, 3.8) is 0 Å². The highest BCUT2D eigenvalue weighted by Crippen LogP contribution is 2.25. The normalized spacial score (nSPS) is 18.7. The van der Waals surface area contributed by atoms with Crippen molar-refractivity contribution >= 4 is 33.2 Å². The standard InChI is InChI=1S/C14H21N3O5S2/c1-10(2)8-15-13(18)14(19)16-9-11-17(5-6-22-11)24(20,21)12-4-3-7-23-12/h3-4,7,10-11H,5-6,8-9H2,1-2H3,(H,15,18)(H,16,19)/t11-/m0/s1. The fraction of sp³-hybridized carbons (Fsp3) is 0.571. The Hall–Kier alpha value is -1.49. The number of rotatable bonds is 6. The monoisotopic (exact) mass is 375 g/mol. The highest BCUT2D eigenvalue weighted by atomic mass is 32.2. The average Bonchev–Trinajstić information content (AvgIpc) is 3.21. The summed E-state index contributed by atoms with van der Waals surface area (Å²) in [6.45, 7) is 4.59. The highest BCUT2D eigenvalue weighted by molar-refractivity contribution is 7.91. The molecule has 0 aliphatic carbocycles. The zero-order chi connectivity index (χ0) is 17.7. The number of thiophene rings is 1. The first-order valence-electron chi connectivity index (χ1n) is 7.55. The Labute approximate surface area is 145 Å². The van der Waals surface area contributed by atoms with E-state index >= 15 is 0 Å². The van der Waals surface area contributed by atoms with Crippen LogP contribution in [0, 0.1) is 5.92 Å². The quantitative estimate of drug-likeness (QED) is 0.680. The molecule has 10 heteroatoms. The van der Waals surface area contributed by atoms with E-state index in [4.69, 9.17) is 4.74 Å². The van der Waals surface area contributed by atoms with E-state index in [1.165, 1.54) is 10.4 Å². The van der Waals surface area contributed by atoms with E-state index in [0.717, 1.165) is 11.3 Å². The van der Waals surface area contributed by atoms with E-state index in [9.17, 15) is 18.0 Å². The fourth-order valence-corrected chi connectivity index (χ4v) is 4.73. The zero-order valence-corrected chi connectivity index (χ0v) is 15.2. The van der Waals surface area contributed by atoms with Gasteiger partial charge in [0.1, 0.15) is 10.4 Å². The summed E-state index contributed by atoms with van der Waals surface area (Å²) in [5, 5.41) is 6.60. The molecule has 2 amide bonds. The molecule has 2 N–H and O–H groups in total. The summed E-state index contributed by atoms with van der Waals surface area (Å²) in [6, 6.07) is 3.18. The molecule has 0 unspecified atom stereocenters. The molecule has 1 saturated heterocycles. The Morgan fingerprint density at radius 2 is 2.08 bits per heavy atom. The third-order valence-corrected chi connectivity index (χ3v) is 6.58. The van der Waals surface area contributed by atoms with E-state index in [0.29, 0.717) is 6.54 Å². The van der Waals surface area contributed by atoms with E-state index in [-0.39, 0.29) is 29.8 Å². The molecule has 0 aromatic carbocycles. The van der Waals surface area contributed by atoms with Gasteiger partial charge in [0.2, 0.25) is 0 Å². The molecule has 0 spiro atoms. The van der Waals surface area contributed by atoms with Gasteiger partial charge in [-0.1, -0.05) is 19.9 Å². The summed E-state index contributed by atoms with van der Waals surface area (Å²) in [5.41, 5.74) is 0. The van der Waals surface area contributed by atoms with E-state index < -0.39 is 28.1 Å². The molecule has 0 radical (unpaired) electrons. The Bertz CT molecular complexity index is 673. The number of hydrogen-bond donors (Lipinski definition) is 2. The summed E-state index contributed by atoms with van der Waals surface area (Å²) in [4.78, 5) is 23.4. The second-order valence-electron chi connectivity index (χ2n) is 5.69. The van der Waals surface area contributed by atoms with Gasteiger partial charge in [-0.2, -0.15) is 4.31 Å². The van der Waals surface area contributed by atoms with Crippen LogP contribution < -0.4 is 10.6 Å². The summed E-state index contributed by atoms with van der Waals surface area (Å²) in [5.74, 6) is -1.32. The topological polar surface area (TPSA) is 105 Å². The third kappa shape index (κ3) is 4.53. The number of nitrogens with one attached hydrogen (secondary N) is 2. The summed E-state index contributed by atoms with van der Waals surface area (Å²) in [6.07, 6.45) is -0.820. The van der Waals surface area contributed by atoms with Crippen LogP contribution in [0.3, 0.4) is 0 Å². The van der Waals surface area contributed by atoms with Gasteiger partial charge in [-0.25, -0.2) is 8.42 Å². The van der Waals surface area contributed by atoms with Crippen LogP contribution in [0.2, 0.25) is 0 Å². The second kappa shape index (κ2) is 8.06. The lowest BCUT2D eigenvalue weighted by molar-refractivity contribution is -0.139. The average molecular weight is 375 g/mol. The molecule has 1 aromatic rings. The third-order valence-electron chi connectivity index (χ3n) is 3.32. The first kappa shape index (κ1) is 18.8. The molecule has 1 fully saturated rings. The van der Waals surface area contributed by atoms with Crippen LogP contribution in [0.1, 0.15) is 13.8 Å². The summed E-state index contributed by atoms with van der Waals surface area (Å²) in [7, 11) is -3.66. The van der Waals surface area contributed by atoms with Crippen molar-refractivity contribution in [3.05, 3.63) is 17.5 Å². The van der Waals surface area contributed by atoms with Crippen LogP contribution in [0.4, 0.5) is 0 Å². The molecule has 1 atom stereocenters. The first-order chi connectivity index (χ1) is 11.3. The minimum atomic E-state index is -3.66. The van der Waals surface area contributed by atoms with Gasteiger partial charge < -0.3 is 15.4 Å². The fourth-order valence-electron chi connectivity index (χ4n) is 2.10. The van der Waals surface area contributed by atoms with Crippen LogP contribution in [0.25, 0.3) is 0 Å². The van der Waals surface area contributed by atoms with Crippen molar-refractivity contribution < 1.29 is 22.7 Å². The lowest BCUT2D eigenvalue weighted by Gasteiger charge is -2.22. The predicted octanol–water partition coefficient (Wildman–Crippen LogP) is -0.0165. The predicted molar refractivity (Wildman–Crippen MR) is 88.8 cm³/mol. The summed E-state index contributed by atoms with van der Waals surface area (Å²) >= 11 is 1.12. The molecule has 1 aliphatic rings. The van der Waals surface area contributed by atoms with Gasteiger partial charge in [0, 0.05) is 13.1 Å². The molecule has 2 heterocycles. The first-order valence-corrected chi connectivity index (χ1v) is 9.87. The Morgan fingerprint density at radius 1 is 1.38 bits per heavy atom. The molecular formula is C14H21N3O5S2. The van der Waals surface area contributed by atoms with Crippen molar-refractivity contribution in [1.29, 1.82) is 0 Å². The van der Waals surface area contributed by atoms with E-state index in [1.807, 2.05) is 13.8 Å². The minimum Gasteiger partial charge on any atom is -0.359 e. The van der Waals surface area contributed by atoms with Gasteiger partial charge in [0.15, 0.2) is 0 Å². The highest BCUT2D eigenvalue weighted by Gasteiger charge is 2.37. The molecule has 0 bridgehead atoms. The number of carbonyl (C=O) groups excluding carboxylic acids is 2. The Balaban J connectivity index is 1.92. The molecule has 8 nitrogen and oxygen atoms in total. The number of sulfonamides is 1. The van der Waals surface area contributed by atoms with Crippen LogP contribution in [-0.4, -0.2) is 57.0 Å². The molecule has 1 aromatic heterocycles. The minimum absolute atomic E-state index is 0.0848. The zero-order valence-electron chi connectivity index (χ0n) is 13.5. The smallest absolute Gasteiger partial charge is 0.309 e. The molecular weight excluding hydrogens is 354 g/mol. The van der Waals surface area contributed by atoms with Gasteiger partial charge in [0.25, 0.3) is 10.0 Å². The number of ether oxygens (including phenoxy) is 1. The summed E-state index contributed by atoms with van der Waals surface area (Å²) < 4.78 is 31.9. The lowest BCUT2D eigenvalue weighted by Crippen LogP contribution is -2.47. The Kier molecular flexibility index (Phi) is 6.33. The molecule has 24 heavy (non-hydrogen) atoms. The van der Waals surface area contributed by atoms with Gasteiger partial charge in [-0.3, -0.25) is 9.59 Å². The number of amides is 2. The maximum absolute atomic E-state index is 12.5. The van der Waals surface area contributed by atoms with Crippen LogP contribution in [0.5, 0.6) is 0 Å². The molecule has 0 saturated carbocycles. The maximum Gasteiger partial charge on any atom is 0.309 e. The largest absolute Gasteiger partial charge is 0.359 e. The van der Waals surface area contributed by atoms with Crippen LogP contribution in [0.15, 0.2) is 21.7 Å². The SMILES string of the molecule is CC(C)CNC(=O)C(=O)NC[C@@H]1OCCN1S(=O)(=O)c1cccs1. The van der Waals surface area contributed by atoms with Crippen LogP contribution >= 0.6 is 11.3 Å². The number of hydrogen-bond acceptors (Lipinski definition) is 6. The second-order valence-corrected chi connectivity index (χ2v) is 8.75. The van der Waals surface area contributed by atoms with E-state index in [2.05, 4.69) is 10.6 Å². The number of carbonyl (C=O) groups is 2. The van der Waals surface area contributed by atoms with Gasteiger partial charge >= 0.3 is 11.8 Å².